The van der Waals surface area contributed by atoms with E-state index < -0.39 is 10.0 Å². The van der Waals surface area contributed by atoms with Gasteiger partial charge in [0.05, 0.1) is 11.3 Å². The first-order chi connectivity index (χ1) is 8.79. The summed E-state index contributed by atoms with van der Waals surface area (Å²) >= 11 is 0. The minimum atomic E-state index is -3.56. The monoisotopic (exact) mass is 285 g/mol. The summed E-state index contributed by atoms with van der Waals surface area (Å²) in [7, 11) is -3.56. The molecule has 0 atom stereocenters. The molecule has 1 rings (SSSR count). The standard InChI is InChI=1S/C12H19N3O3S/c1-9(2)15-11-6-4-3-5-10(11)12(16)14-7-8-19(13,17)18/h3-6,9,15H,7-8H2,1-2H3,(H,14,16)(H2,13,17,18). The van der Waals surface area contributed by atoms with E-state index in [1.54, 1.807) is 18.2 Å². The molecular weight excluding hydrogens is 266 g/mol. The van der Waals surface area contributed by atoms with Crippen LogP contribution in [-0.4, -0.2) is 32.7 Å². The maximum Gasteiger partial charge on any atom is 0.253 e. The lowest BCUT2D eigenvalue weighted by molar-refractivity contribution is 0.0957. The van der Waals surface area contributed by atoms with Crippen LogP contribution in [0.2, 0.25) is 0 Å². The number of para-hydroxylation sites is 1. The fraction of sp³-hybridized carbons (Fsp3) is 0.417. The van der Waals surface area contributed by atoms with Gasteiger partial charge in [-0.25, -0.2) is 13.6 Å². The molecule has 0 aromatic heterocycles. The number of carbonyl (C=O) groups is 1. The predicted octanol–water partition coefficient (Wildman–Crippen LogP) is 0.525. The number of hydrogen-bond acceptors (Lipinski definition) is 4. The maximum atomic E-state index is 11.9. The van der Waals surface area contributed by atoms with Gasteiger partial charge < -0.3 is 10.6 Å². The molecule has 0 aliphatic carbocycles. The molecule has 1 aromatic carbocycles. The minimum absolute atomic E-state index is 0.00627. The van der Waals surface area contributed by atoms with E-state index in [4.69, 9.17) is 5.14 Å². The van der Waals surface area contributed by atoms with Gasteiger partial charge >= 0.3 is 0 Å². The molecule has 0 aliphatic heterocycles. The average molecular weight is 285 g/mol. The van der Waals surface area contributed by atoms with Gasteiger partial charge in [0.15, 0.2) is 0 Å². The fourth-order valence-electron chi connectivity index (χ4n) is 1.52. The number of carbonyl (C=O) groups excluding carboxylic acids is 1. The Morgan fingerprint density at radius 2 is 1.95 bits per heavy atom. The molecule has 0 bridgehead atoms. The van der Waals surface area contributed by atoms with Gasteiger partial charge in [0, 0.05) is 18.3 Å². The van der Waals surface area contributed by atoms with Crippen LogP contribution in [0.25, 0.3) is 0 Å². The number of sulfonamides is 1. The first kappa shape index (κ1) is 15.5. The molecule has 1 aromatic rings. The summed E-state index contributed by atoms with van der Waals surface area (Å²) in [5.41, 5.74) is 1.19. The van der Waals surface area contributed by atoms with Crippen LogP contribution >= 0.6 is 0 Å². The summed E-state index contributed by atoms with van der Waals surface area (Å²) in [6.45, 7) is 3.93. The minimum Gasteiger partial charge on any atom is -0.382 e. The molecule has 0 saturated carbocycles. The van der Waals surface area contributed by atoms with Crippen molar-refractivity contribution in [1.82, 2.24) is 5.32 Å². The first-order valence-electron chi connectivity index (χ1n) is 5.94. The van der Waals surface area contributed by atoms with Crippen LogP contribution < -0.4 is 15.8 Å². The van der Waals surface area contributed by atoms with Crippen LogP contribution in [0.4, 0.5) is 5.69 Å². The predicted molar refractivity (Wildman–Crippen MR) is 75.5 cm³/mol. The zero-order valence-electron chi connectivity index (χ0n) is 11.0. The number of nitrogens with one attached hydrogen (secondary N) is 2. The van der Waals surface area contributed by atoms with E-state index in [-0.39, 0.29) is 24.2 Å². The molecule has 0 aliphatic rings. The zero-order chi connectivity index (χ0) is 14.5. The molecule has 0 fully saturated rings. The highest BCUT2D eigenvalue weighted by atomic mass is 32.2. The number of amides is 1. The van der Waals surface area contributed by atoms with Gasteiger partial charge in [-0.3, -0.25) is 4.79 Å². The summed E-state index contributed by atoms with van der Waals surface area (Å²) in [5, 5.41) is 10.6. The highest BCUT2D eigenvalue weighted by molar-refractivity contribution is 7.89. The highest BCUT2D eigenvalue weighted by Crippen LogP contribution is 2.15. The van der Waals surface area contributed by atoms with Crippen molar-refractivity contribution in [2.75, 3.05) is 17.6 Å². The van der Waals surface area contributed by atoms with Crippen LogP contribution in [0.3, 0.4) is 0 Å². The van der Waals surface area contributed by atoms with E-state index >= 15 is 0 Å². The SMILES string of the molecule is CC(C)Nc1ccccc1C(=O)NCCS(N)(=O)=O. The van der Waals surface area contributed by atoms with Crippen molar-refractivity contribution in [3.8, 4) is 0 Å². The van der Waals surface area contributed by atoms with Crippen molar-refractivity contribution in [2.45, 2.75) is 19.9 Å². The summed E-state index contributed by atoms with van der Waals surface area (Å²) in [6.07, 6.45) is 0. The second-order valence-corrected chi connectivity index (χ2v) is 6.20. The molecular formula is C12H19N3O3S. The number of primary sulfonamides is 1. The summed E-state index contributed by atoms with van der Waals surface area (Å²) in [6, 6.07) is 7.25. The molecule has 6 nitrogen and oxygen atoms in total. The Morgan fingerprint density at radius 1 is 1.32 bits per heavy atom. The Labute approximate surface area is 113 Å². The summed E-state index contributed by atoms with van der Waals surface area (Å²) in [4.78, 5) is 11.9. The first-order valence-corrected chi connectivity index (χ1v) is 7.65. The van der Waals surface area contributed by atoms with Gasteiger partial charge in [-0.2, -0.15) is 0 Å². The van der Waals surface area contributed by atoms with Crippen LogP contribution in [0.1, 0.15) is 24.2 Å². The Balaban J connectivity index is 2.71. The second-order valence-electron chi connectivity index (χ2n) is 4.47. The molecule has 7 heteroatoms. The van der Waals surface area contributed by atoms with Crippen molar-refractivity contribution in [3.63, 3.8) is 0 Å². The van der Waals surface area contributed by atoms with E-state index in [9.17, 15) is 13.2 Å². The molecule has 1 amide bonds. The third kappa shape index (κ3) is 5.71. The molecule has 106 valence electrons. The lowest BCUT2D eigenvalue weighted by Crippen LogP contribution is -2.32. The van der Waals surface area contributed by atoms with Crippen molar-refractivity contribution in [1.29, 1.82) is 0 Å². The van der Waals surface area contributed by atoms with Crippen LogP contribution in [-0.2, 0) is 10.0 Å². The molecule has 4 N–H and O–H groups in total. The third-order valence-electron chi connectivity index (χ3n) is 2.29. The van der Waals surface area contributed by atoms with Gasteiger partial charge in [-0.05, 0) is 26.0 Å². The third-order valence-corrected chi connectivity index (χ3v) is 3.06. The van der Waals surface area contributed by atoms with Crippen molar-refractivity contribution >= 4 is 21.6 Å². The van der Waals surface area contributed by atoms with Gasteiger partial charge in [0.2, 0.25) is 10.0 Å². The van der Waals surface area contributed by atoms with Crippen LogP contribution in [0, 0.1) is 0 Å². The largest absolute Gasteiger partial charge is 0.382 e. The van der Waals surface area contributed by atoms with Crippen LogP contribution in [0.15, 0.2) is 24.3 Å². The van der Waals surface area contributed by atoms with Crippen LogP contribution in [0.5, 0.6) is 0 Å². The van der Waals surface area contributed by atoms with E-state index in [1.807, 2.05) is 19.9 Å². The van der Waals surface area contributed by atoms with Crippen molar-refractivity contribution in [2.24, 2.45) is 5.14 Å². The van der Waals surface area contributed by atoms with Crippen molar-refractivity contribution in [3.05, 3.63) is 29.8 Å². The normalized spacial score (nSPS) is 11.4. The topological polar surface area (TPSA) is 101 Å². The molecule has 0 heterocycles. The summed E-state index contributed by atoms with van der Waals surface area (Å²) in [5.74, 6) is -0.606. The van der Waals surface area contributed by atoms with Gasteiger partial charge in [-0.15, -0.1) is 0 Å². The number of nitrogens with two attached hydrogens (primary N) is 1. The Morgan fingerprint density at radius 3 is 2.53 bits per heavy atom. The fourth-order valence-corrected chi connectivity index (χ4v) is 1.91. The number of rotatable bonds is 6. The Kier molecular flexibility index (Phi) is 5.31. The molecule has 0 spiro atoms. The number of hydrogen-bond donors (Lipinski definition) is 3. The van der Waals surface area contributed by atoms with E-state index in [0.29, 0.717) is 11.3 Å². The zero-order valence-corrected chi connectivity index (χ0v) is 11.8. The van der Waals surface area contributed by atoms with Gasteiger partial charge in [-0.1, -0.05) is 12.1 Å². The maximum absolute atomic E-state index is 11.9. The van der Waals surface area contributed by atoms with Gasteiger partial charge in [0.1, 0.15) is 0 Å². The lowest BCUT2D eigenvalue weighted by atomic mass is 10.1. The Hall–Kier alpha value is -1.60. The van der Waals surface area contributed by atoms with Gasteiger partial charge in [0.25, 0.3) is 5.91 Å². The highest BCUT2D eigenvalue weighted by Gasteiger charge is 2.12. The lowest BCUT2D eigenvalue weighted by Gasteiger charge is -2.14. The molecule has 0 radical (unpaired) electrons. The number of benzene rings is 1. The molecule has 0 unspecified atom stereocenters. The van der Waals surface area contributed by atoms with E-state index in [2.05, 4.69) is 10.6 Å². The van der Waals surface area contributed by atoms with E-state index in [0.717, 1.165) is 0 Å². The van der Waals surface area contributed by atoms with Crippen molar-refractivity contribution < 1.29 is 13.2 Å². The molecule has 19 heavy (non-hydrogen) atoms. The average Bonchev–Trinajstić information content (AvgIpc) is 2.27. The van der Waals surface area contributed by atoms with E-state index in [1.165, 1.54) is 0 Å². The number of anilines is 1. The smallest absolute Gasteiger partial charge is 0.253 e. The second kappa shape index (κ2) is 6.53. The summed E-state index contributed by atoms with van der Waals surface area (Å²) < 4.78 is 21.6. The Bertz CT molecular complexity index is 541. The molecule has 0 saturated heterocycles. The quantitative estimate of drug-likeness (QED) is 0.709.